The summed E-state index contributed by atoms with van der Waals surface area (Å²) in [4.78, 5) is 40.0. The van der Waals surface area contributed by atoms with Crippen LogP contribution in [-0.4, -0.2) is 33.5 Å². The molecule has 11 heteroatoms. The van der Waals surface area contributed by atoms with Gasteiger partial charge in [0.05, 0.1) is 5.69 Å². The molecule has 0 aliphatic heterocycles. The lowest BCUT2D eigenvalue weighted by molar-refractivity contribution is -0.126. The molecule has 1 aromatic heterocycles. The van der Waals surface area contributed by atoms with Gasteiger partial charge in [0.2, 0.25) is 5.91 Å². The van der Waals surface area contributed by atoms with Gasteiger partial charge in [-0.1, -0.05) is 38.1 Å². The SMILES string of the molecule is CC(C)CCNC(=O)C(c1ccc(F)cc1)N(Cc1ccc(F)cc1)C(=O)c1snc(C(N)=O)c1N. The second kappa shape index (κ2) is 11.7. The lowest BCUT2D eigenvalue weighted by atomic mass is 10.0. The van der Waals surface area contributed by atoms with Crippen LogP contribution in [0.5, 0.6) is 0 Å². The van der Waals surface area contributed by atoms with Crippen molar-refractivity contribution >= 4 is 34.9 Å². The first-order valence-corrected chi connectivity index (χ1v) is 12.0. The molecular weight excluding hydrogens is 488 g/mol. The van der Waals surface area contributed by atoms with E-state index in [-0.39, 0.29) is 22.8 Å². The van der Waals surface area contributed by atoms with E-state index in [4.69, 9.17) is 11.5 Å². The molecule has 0 fully saturated rings. The van der Waals surface area contributed by atoms with Crippen LogP contribution in [0, 0.1) is 17.6 Å². The number of nitrogen functional groups attached to an aromatic ring is 1. The van der Waals surface area contributed by atoms with Crippen molar-refractivity contribution in [2.75, 3.05) is 12.3 Å². The summed E-state index contributed by atoms with van der Waals surface area (Å²) in [6, 6.07) is 9.47. The molecule has 0 aliphatic rings. The Balaban J connectivity index is 2.09. The van der Waals surface area contributed by atoms with Crippen molar-refractivity contribution in [2.45, 2.75) is 32.9 Å². The monoisotopic (exact) mass is 515 g/mol. The van der Waals surface area contributed by atoms with E-state index >= 15 is 0 Å². The minimum Gasteiger partial charge on any atom is -0.395 e. The van der Waals surface area contributed by atoms with Crippen molar-refractivity contribution < 1.29 is 23.2 Å². The lowest BCUT2D eigenvalue weighted by Gasteiger charge is -2.31. The molecule has 0 spiro atoms. The number of hydrogen-bond acceptors (Lipinski definition) is 6. The molecule has 2 aromatic carbocycles. The van der Waals surface area contributed by atoms with Gasteiger partial charge in [-0.2, -0.15) is 4.37 Å². The van der Waals surface area contributed by atoms with E-state index in [1.165, 1.54) is 53.4 Å². The van der Waals surface area contributed by atoms with Crippen molar-refractivity contribution in [3.63, 3.8) is 0 Å². The molecule has 3 rings (SSSR count). The fourth-order valence-corrected chi connectivity index (χ4v) is 4.29. The highest BCUT2D eigenvalue weighted by molar-refractivity contribution is 7.09. The van der Waals surface area contributed by atoms with E-state index in [1.807, 2.05) is 13.8 Å². The molecule has 3 aromatic rings. The van der Waals surface area contributed by atoms with Crippen LogP contribution in [0.2, 0.25) is 0 Å². The Kier molecular flexibility index (Phi) is 8.70. The van der Waals surface area contributed by atoms with Crippen LogP contribution >= 0.6 is 11.5 Å². The van der Waals surface area contributed by atoms with Gasteiger partial charge >= 0.3 is 0 Å². The molecule has 1 unspecified atom stereocenters. The number of hydrogen-bond donors (Lipinski definition) is 3. The normalized spacial score (nSPS) is 11.8. The van der Waals surface area contributed by atoms with Crippen LogP contribution in [0.1, 0.15) is 57.6 Å². The smallest absolute Gasteiger partial charge is 0.270 e. The third-order valence-corrected chi connectivity index (χ3v) is 6.30. The molecule has 36 heavy (non-hydrogen) atoms. The standard InChI is InChI=1S/C25H27F2N5O3S/c1-14(2)11-12-30-24(34)21(16-5-9-18(27)10-6-16)32(13-15-3-7-17(26)8-4-15)25(35)22-19(28)20(23(29)33)31-36-22/h3-10,14,21H,11-13,28H2,1-2H3,(H2,29,33)(H,30,34). The summed E-state index contributed by atoms with van der Waals surface area (Å²) in [6.45, 7) is 4.27. The minimum atomic E-state index is -1.19. The number of anilines is 1. The topological polar surface area (TPSA) is 131 Å². The summed E-state index contributed by atoms with van der Waals surface area (Å²) in [5.74, 6) is -2.71. The van der Waals surface area contributed by atoms with Crippen molar-refractivity contribution in [3.8, 4) is 0 Å². The maximum absolute atomic E-state index is 13.8. The first-order valence-electron chi connectivity index (χ1n) is 11.2. The van der Waals surface area contributed by atoms with E-state index < -0.39 is 35.4 Å². The summed E-state index contributed by atoms with van der Waals surface area (Å²) in [5.41, 5.74) is 11.7. The summed E-state index contributed by atoms with van der Waals surface area (Å²) in [5, 5.41) is 2.84. The summed E-state index contributed by atoms with van der Waals surface area (Å²) in [7, 11) is 0. The summed E-state index contributed by atoms with van der Waals surface area (Å²) < 4.78 is 31.1. The van der Waals surface area contributed by atoms with Crippen molar-refractivity contribution in [1.82, 2.24) is 14.6 Å². The maximum atomic E-state index is 13.8. The lowest BCUT2D eigenvalue weighted by Crippen LogP contribution is -2.43. The molecule has 190 valence electrons. The van der Waals surface area contributed by atoms with Crippen LogP contribution in [-0.2, 0) is 11.3 Å². The number of nitrogens with two attached hydrogens (primary N) is 2. The van der Waals surface area contributed by atoms with E-state index in [0.717, 1.165) is 0 Å². The predicted molar refractivity (Wildman–Crippen MR) is 133 cm³/mol. The van der Waals surface area contributed by atoms with Gasteiger partial charge in [-0.3, -0.25) is 14.4 Å². The number of aromatic nitrogens is 1. The number of primary amides is 1. The Morgan fingerprint density at radius 3 is 2.14 bits per heavy atom. The fraction of sp³-hybridized carbons (Fsp3) is 0.280. The molecule has 3 amide bonds. The highest BCUT2D eigenvalue weighted by Crippen LogP contribution is 2.30. The van der Waals surface area contributed by atoms with Crippen LogP contribution in [0.25, 0.3) is 0 Å². The number of carbonyl (C=O) groups excluding carboxylic acids is 3. The average Bonchev–Trinajstić information content (AvgIpc) is 3.22. The highest BCUT2D eigenvalue weighted by Gasteiger charge is 2.35. The number of benzene rings is 2. The zero-order chi connectivity index (χ0) is 26.4. The van der Waals surface area contributed by atoms with Crippen molar-refractivity contribution in [3.05, 3.63) is 81.9 Å². The number of halogens is 2. The van der Waals surface area contributed by atoms with Gasteiger partial charge in [0.15, 0.2) is 5.69 Å². The van der Waals surface area contributed by atoms with Gasteiger partial charge in [-0.15, -0.1) is 0 Å². The van der Waals surface area contributed by atoms with E-state index in [2.05, 4.69) is 9.69 Å². The molecule has 0 aliphatic carbocycles. The second-order valence-electron chi connectivity index (χ2n) is 8.63. The number of amides is 3. The third-order valence-electron chi connectivity index (χ3n) is 5.45. The molecule has 1 heterocycles. The van der Waals surface area contributed by atoms with Gasteiger partial charge in [0.25, 0.3) is 11.8 Å². The van der Waals surface area contributed by atoms with Gasteiger partial charge in [0.1, 0.15) is 22.6 Å². The predicted octanol–water partition coefficient (Wildman–Crippen LogP) is 3.65. The van der Waals surface area contributed by atoms with Crippen molar-refractivity contribution in [1.29, 1.82) is 0 Å². The minimum absolute atomic E-state index is 0.0759. The fourth-order valence-electron chi connectivity index (χ4n) is 3.53. The Morgan fingerprint density at radius 1 is 1.03 bits per heavy atom. The van der Waals surface area contributed by atoms with Gasteiger partial charge in [-0.25, -0.2) is 8.78 Å². The third kappa shape index (κ3) is 6.42. The van der Waals surface area contributed by atoms with Gasteiger partial charge in [-0.05, 0) is 59.3 Å². The summed E-state index contributed by atoms with van der Waals surface area (Å²) >= 11 is 0.684. The first kappa shape index (κ1) is 26.7. The zero-order valence-corrected chi connectivity index (χ0v) is 20.6. The number of nitrogens with zero attached hydrogens (tertiary/aromatic N) is 2. The van der Waals surface area contributed by atoms with Crippen LogP contribution in [0.4, 0.5) is 14.5 Å². The maximum Gasteiger partial charge on any atom is 0.270 e. The molecular formula is C25H27F2N5O3S. The van der Waals surface area contributed by atoms with E-state index in [0.29, 0.717) is 41.5 Å². The van der Waals surface area contributed by atoms with Crippen LogP contribution in [0.15, 0.2) is 48.5 Å². The molecule has 1 atom stereocenters. The Hall–Kier alpha value is -3.86. The molecule has 0 radical (unpaired) electrons. The zero-order valence-electron chi connectivity index (χ0n) is 19.8. The van der Waals surface area contributed by atoms with Crippen LogP contribution < -0.4 is 16.8 Å². The quantitative estimate of drug-likeness (QED) is 0.379. The molecule has 5 N–H and O–H groups in total. The van der Waals surface area contributed by atoms with Crippen LogP contribution in [0.3, 0.4) is 0 Å². The van der Waals surface area contributed by atoms with Crippen molar-refractivity contribution in [2.24, 2.45) is 11.7 Å². The van der Waals surface area contributed by atoms with Gasteiger partial charge < -0.3 is 21.7 Å². The average molecular weight is 516 g/mol. The second-order valence-corrected chi connectivity index (χ2v) is 9.40. The summed E-state index contributed by atoms with van der Waals surface area (Å²) in [6.07, 6.45) is 0.706. The number of nitrogens with one attached hydrogen (secondary N) is 1. The Bertz CT molecular complexity index is 1230. The molecule has 0 bridgehead atoms. The number of rotatable bonds is 10. The highest BCUT2D eigenvalue weighted by atomic mass is 32.1. The largest absolute Gasteiger partial charge is 0.395 e. The van der Waals surface area contributed by atoms with Gasteiger partial charge in [0, 0.05) is 13.1 Å². The molecule has 0 saturated carbocycles. The van der Waals surface area contributed by atoms with E-state index in [1.54, 1.807) is 0 Å². The van der Waals surface area contributed by atoms with E-state index in [9.17, 15) is 23.2 Å². The first-order chi connectivity index (χ1) is 17.1. The Morgan fingerprint density at radius 2 is 1.61 bits per heavy atom. The number of carbonyl (C=O) groups is 3. The molecule has 0 saturated heterocycles. The molecule has 8 nitrogen and oxygen atoms in total. The Labute approximate surface area is 211 Å².